The molecule has 2 nitrogen and oxygen atoms in total. The Balaban J connectivity index is 0.000000371. The SMILES string of the molecule is CC.CCO[C@H]1CCOC1. The maximum atomic E-state index is 5.28. The summed E-state index contributed by atoms with van der Waals surface area (Å²) in [6.45, 7) is 8.50. The average molecular weight is 146 g/mol. The zero-order valence-corrected chi connectivity index (χ0v) is 7.22. The Bertz CT molecular complexity index is 58.3. The molecule has 1 aliphatic heterocycles. The standard InChI is InChI=1S/C6H12O2.C2H6/c1-2-8-6-3-4-7-5-6;1-2/h6H,2-5H2,1H3;1-2H3/t6-;/m0./s1. The Labute approximate surface area is 63.5 Å². The third kappa shape index (κ3) is 3.85. The molecule has 0 radical (unpaired) electrons. The van der Waals surface area contributed by atoms with Crippen molar-refractivity contribution in [1.29, 1.82) is 0 Å². The maximum Gasteiger partial charge on any atom is 0.0830 e. The highest BCUT2D eigenvalue weighted by Crippen LogP contribution is 2.06. The summed E-state index contributed by atoms with van der Waals surface area (Å²) in [5, 5.41) is 0. The molecule has 0 spiro atoms. The van der Waals surface area contributed by atoms with Crippen LogP contribution in [0.4, 0.5) is 0 Å². The van der Waals surface area contributed by atoms with Crippen molar-refractivity contribution < 1.29 is 9.47 Å². The molecule has 62 valence electrons. The van der Waals surface area contributed by atoms with Crippen molar-refractivity contribution in [3.05, 3.63) is 0 Å². The van der Waals surface area contributed by atoms with Gasteiger partial charge in [-0.15, -0.1) is 0 Å². The van der Waals surface area contributed by atoms with Gasteiger partial charge in [0.05, 0.1) is 12.7 Å². The summed E-state index contributed by atoms with van der Waals surface area (Å²) >= 11 is 0. The van der Waals surface area contributed by atoms with Gasteiger partial charge in [-0.2, -0.15) is 0 Å². The Hall–Kier alpha value is -0.0800. The summed E-state index contributed by atoms with van der Waals surface area (Å²) in [4.78, 5) is 0. The van der Waals surface area contributed by atoms with Crippen LogP contribution in [0.5, 0.6) is 0 Å². The van der Waals surface area contributed by atoms with Crippen LogP contribution in [-0.2, 0) is 9.47 Å². The van der Waals surface area contributed by atoms with E-state index in [9.17, 15) is 0 Å². The molecule has 1 rings (SSSR count). The first-order valence-corrected chi connectivity index (χ1v) is 4.13. The summed E-state index contributed by atoms with van der Waals surface area (Å²) in [7, 11) is 0. The molecule has 1 fully saturated rings. The third-order valence-electron chi connectivity index (χ3n) is 1.29. The summed E-state index contributed by atoms with van der Waals surface area (Å²) in [6.07, 6.45) is 1.47. The molecule has 10 heavy (non-hydrogen) atoms. The number of hydrogen-bond acceptors (Lipinski definition) is 2. The van der Waals surface area contributed by atoms with E-state index in [2.05, 4.69) is 0 Å². The highest BCUT2D eigenvalue weighted by molar-refractivity contribution is 4.61. The van der Waals surface area contributed by atoms with Gasteiger partial charge in [-0.3, -0.25) is 0 Å². The van der Waals surface area contributed by atoms with E-state index in [1.54, 1.807) is 0 Å². The molecule has 0 N–H and O–H groups in total. The van der Waals surface area contributed by atoms with Crippen molar-refractivity contribution in [2.24, 2.45) is 0 Å². The first-order chi connectivity index (χ1) is 4.93. The van der Waals surface area contributed by atoms with E-state index >= 15 is 0 Å². The van der Waals surface area contributed by atoms with Gasteiger partial charge in [0, 0.05) is 13.2 Å². The molecule has 0 unspecified atom stereocenters. The van der Waals surface area contributed by atoms with Crippen LogP contribution >= 0.6 is 0 Å². The molecule has 0 aromatic rings. The van der Waals surface area contributed by atoms with Gasteiger partial charge in [0.1, 0.15) is 0 Å². The topological polar surface area (TPSA) is 18.5 Å². The number of rotatable bonds is 2. The van der Waals surface area contributed by atoms with Gasteiger partial charge in [-0.25, -0.2) is 0 Å². The van der Waals surface area contributed by atoms with E-state index in [0.29, 0.717) is 6.10 Å². The lowest BCUT2D eigenvalue weighted by Crippen LogP contribution is -2.11. The molecule has 0 aromatic heterocycles. The van der Waals surface area contributed by atoms with Gasteiger partial charge in [0.25, 0.3) is 0 Å². The van der Waals surface area contributed by atoms with Crippen molar-refractivity contribution in [3.8, 4) is 0 Å². The average Bonchev–Trinajstić information content (AvgIpc) is 2.46. The lowest BCUT2D eigenvalue weighted by molar-refractivity contribution is 0.0509. The number of ether oxygens (including phenoxy) is 2. The minimum Gasteiger partial charge on any atom is -0.379 e. The van der Waals surface area contributed by atoms with Crippen LogP contribution in [0.15, 0.2) is 0 Å². The van der Waals surface area contributed by atoms with Crippen molar-refractivity contribution in [2.45, 2.75) is 33.3 Å². The molecule has 0 saturated carbocycles. The normalized spacial score (nSPS) is 23.7. The van der Waals surface area contributed by atoms with Gasteiger partial charge < -0.3 is 9.47 Å². The van der Waals surface area contributed by atoms with E-state index < -0.39 is 0 Å². The van der Waals surface area contributed by atoms with Crippen LogP contribution in [0, 0.1) is 0 Å². The first kappa shape index (κ1) is 9.92. The van der Waals surface area contributed by atoms with E-state index in [1.807, 2.05) is 20.8 Å². The highest BCUT2D eigenvalue weighted by atomic mass is 16.5. The number of hydrogen-bond donors (Lipinski definition) is 0. The molecule has 0 amide bonds. The van der Waals surface area contributed by atoms with Crippen molar-refractivity contribution >= 4 is 0 Å². The Morgan fingerprint density at radius 3 is 2.60 bits per heavy atom. The minimum atomic E-state index is 0.389. The van der Waals surface area contributed by atoms with Gasteiger partial charge in [0.15, 0.2) is 0 Å². The molecule has 0 aliphatic carbocycles. The fourth-order valence-electron chi connectivity index (χ4n) is 0.880. The summed E-state index contributed by atoms with van der Waals surface area (Å²) in [5.41, 5.74) is 0. The predicted octanol–water partition coefficient (Wildman–Crippen LogP) is 1.84. The molecule has 0 bridgehead atoms. The molecule has 1 atom stereocenters. The molecular formula is C8H18O2. The van der Waals surface area contributed by atoms with Gasteiger partial charge >= 0.3 is 0 Å². The summed E-state index contributed by atoms with van der Waals surface area (Å²) in [5.74, 6) is 0. The molecule has 2 heteroatoms. The van der Waals surface area contributed by atoms with Crippen molar-refractivity contribution in [1.82, 2.24) is 0 Å². The quantitative estimate of drug-likeness (QED) is 0.591. The van der Waals surface area contributed by atoms with Gasteiger partial charge in [-0.1, -0.05) is 13.8 Å². The fourth-order valence-corrected chi connectivity index (χ4v) is 0.880. The molecule has 1 saturated heterocycles. The van der Waals surface area contributed by atoms with E-state index in [4.69, 9.17) is 9.47 Å². The monoisotopic (exact) mass is 146 g/mol. The zero-order valence-electron chi connectivity index (χ0n) is 7.22. The van der Waals surface area contributed by atoms with Crippen LogP contribution < -0.4 is 0 Å². The van der Waals surface area contributed by atoms with E-state index in [1.165, 1.54) is 0 Å². The van der Waals surface area contributed by atoms with Crippen molar-refractivity contribution in [3.63, 3.8) is 0 Å². The second-order valence-corrected chi connectivity index (χ2v) is 1.94. The second kappa shape index (κ2) is 7.03. The van der Waals surface area contributed by atoms with Crippen LogP contribution in [0.1, 0.15) is 27.2 Å². The largest absolute Gasteiger partial charge is 0.379 e. The highest BCUT2D eigenvalue weighted by Gasteiger charge is 2.14. The van der Waals surface area contributed by atoms with Crippen LogP contribution in [0.3, 0.4) is 0 Å². The predicted molar refractivity (Wildman–Crippen MR) is 42.2 cm³/mol. The lowest BCUT2D eigenvalue weighted by atomic mass is 10.3. The Morgan fingerprint density at radius 2 is 2.20 bits per heavy atom. The van der Waals surface area contributed by atoms with Gasteiger partial charge in [-0.05, 0) is 13.3 Å². The molecule has 1 aliphatic rings. The molecular weight excluding hydrogens is 128 g/mol. The maximum absolute atomic E-state index is 5.28. The summed E-state index contributed by atoms with van der Waals surface area (Å²) < 4.78 is 10.4. The summed E-state index contributed by atoms with van der Waals surface area (Å²) in [6, 6.07) is 0. The minimum absolute atomic E-state index is 0.389. The Morgan fingerprint density at radius 1 is 1.50 bits per heavy atom. The second-order valence-electron chi connectivity index (χ2n) is 1.94. The molecule has 0 aromatic carbocycles. The first-order valence-electron chi connectivity index (χ1n) is 4.13. The van der Waals surface area contributed by atoms with E-state index in [-0.39, 0.29) is 0 Å². The van der Waals surface area contributed by atoms with Crippen molar-refractivity contribution in [2.75, 3.05) is 19.8 Å². The van der Waals surface area contributed by atoms with Crippen LogP contribution in [0.2, 0.25) is 0 Å². The van der Waals surface area contributed by atoms with E-state index in [0.717, 1.165) is 26.2 Å². The smallest absolute Gasteiger partial charge is 0.0830 e. The van der Waals surface area contributed by atoms with Crippen LogP contribution in [0.25, 0.3) is 0 Å². The lowest BCUT2D eigenvalue weighted by Gasteiger charge is -2.04. The Kier molecular flexibility index (Phi) is 6.98. The van der Waals surface area contributed by atoms with Crippen LogP contribution in [-0.4, -0.2) is 25.9 Å². The third-order valence-corrected chi connectivity index (χ3v) is 1.29. The fraction of sp³-hybridized carbons (Fsp3) is 1.00. The molecule has 1 heterocycles. The zero-order chi connectivity index (χ0) is 7.82. The van der Waals surface area contributed by atoms with Gasteiger partial charge in [0.2, 0.25) is 0 Å².